The molecule has 0 bridgehead atoms. The van der Waals surface area contributed by atoms with Crippen LogP contribution >= 0.6 is 0 Å². The number of nitrogens with one attached hydrogen (secondary N) is 1. The van der Waals surface area contributed by atoms with Crippen LogP contribution in [0.2, 0.25) is 0 Å². The maximum atomic E-state index is 4.94. The van der Waals surface area contributed by atoms with Gasteiger partial charge in [0.05, 0.1) is 12.0 Å². The quantitative estimate of drug-likeness (QED) is 0.444. The van der Waals surface area contributed by atoms with E-state index in [1.807, 2.05) is 6.33 Å². The molecule has 1 N–H and O–H groups in total. The van der Waals surface area contributed by atoms with Crippen LogP contribution in [0.15, 0.2) is 110 Å². The summed E-state index contributed by atoms with van der Waals surface area (Å²) in [6.45, 7) is 2.21. The first-order valence-electron chi connectivity index (χ1n) is 11.5. The summed E-state index contributed by atoms with van der Waals surface area (Å²) in [4.78, 5) is 4.94. The van der Waals surface area contributed by atoms with Crippen molar-refractivity contribution in [2.45, 2.75) is 12.0 Å². The van der Waals surface area contributed by atoms with Crippen molar-refractivity contribution in [3.8, 4) is 0 Å². The fourth-order valence-electron chi connectivity index (χ4n) is 5.63. The summed E-state index contributed by atoms with van der Waals surface area (Å²) in [7, 11) is 0. The molecule has 1 saturated heterocycles. The van der Waals surface area contributed by atoms with E-state index < -0.39 is 5.54 Å². The molecule has 1 aliphatic carbocycles. The Morgan fingerprint density at radius 2 is 1.31 bits per heavy atom. The van der Waals surface area contributed by atoms with Crippen LogP contribution in [-0.4, -0.2) is 22.6 Å². The smallest absolute Gasteiger partial charge is 0.121 e. The normalized spacial score (nSPS) is 20.2. The summed E-state index contributed by atoms with van der Waals surface area (Å²) >= 11 is 0. The van der Waals surface area contributed by atoms with E-state index in [1.54, 1.807) is 0 Å². The first-order chi connectivity index (χ1) is 15.9. The van der Waals surface area contributed by atoms with E-state index in [0.29, 0.717) is 5.92 Å². The molecule has 0 amide bonds. The zero-order chi connectivity index (χ0) is 21.4. The van der Waals surface area contributed by atoms with Crippen molar-refractivity contribution >= 4 is 5.57 Å². The van der Waals surface area contributed by atoms with Gasteiger partial charge in [0.1, 0.15) is 5.54 Å². The third-order valence-corrected chi connectivity index (χ3v) is 7.16. The molecule has 2 atom stereocenters. The minimum absolute atomic E-state index is 0.494. The van der Waals surface area contributed by atoms with Gasteiger partial charge in [-0.1, -0.05) is 97.1 Å². The Morgan fingerprint density at radius 3 is 1.84 bits per heavy atom. The molecule has 32 heavy (non-hydrogen) atoms. The maximum Gasteiger partial charge on any atom is 0.121 e. The van der Waals surface area contributed by atoms with E-state index in [2.05, 4.69) is 113 Å². The minimum Gasteiger partial charge on any atom is -0.318 e. The molecule has 0 saturated carbocycles. The van der Waals surface area contributed by atoms with Gasteiger partial charge in [0.2, 0.25) is 0 Å². The van der Waals surface area contributed by atoms with Crippen molar-refractivity contribution in [1.29, 1.82) is 0 Å². The van der Waals surface area contributed by atoms with Crippen LogP contribution in [0.1, 0.15) is 28.8 Å². The number of nitrogens with zero attached hydrogens (tertiary/aromatic N) is 2. The number of allylic oxidation sites excluding steroid dienone is 1. The lowest BCUT2D eigenvalue weighted by Gasteiger charge is -2.37. The number of imidazole rings is 1. The first-order valence-corrected chi connectivity index (χ1v) is 11.5. The molecule has 1 fully saturated rings. The number of hydrogen-bond donors (Lipinski definition) is 1. The van der Waals surface area contributed by atoms with Gasteiger partial charge in [0, 0.05) is 12.7 Å². The standard InChI is InChI=1S/C29H27N3/c1-4-10-25(11-5-1)29(26-12-6-2-7-13-26,27-14-8-3-9-15-27)32-20-28(31-21-32)22-16-23-18-30-19-24(23)17-22/h1-16,20-21,23-24,30H,17-19H2/t23-,24+/m0/s1. The fraction of sp³-hybridized carbons (Fsp3) is 0.207. The van der Waals surface area contributed by atoms with Gasteiger partial charge in [0.15, 0.2) is 0 Å². The van der Waals surface area contributed by atoms with Crippen molar-refractivity contribution in [2.24, 2.45) is 11.8 Å². The highest BCUT2D eigenvalue weighted by atomic mass is 15.1. The van der Waals surface area contributed by atoms with Crippen molar-refractivity contribution in [1.82, 2.24) is 14.9 Å². The SMILES string of the molecule is C1=C(c2cn(C(c3ccccc3)(c3ccccc3)c3ccccc3)cn2)C[C@@H]2CNC[C@H]12. The van der Waals surface area contributed by atoms with E-state index in [-0.39, 0.29) is 0 Å². The van der Waals surface area contributed by atoms with E-state index in [4.69, 9.17) is 4.98 Å². The van der Waals surface area contributed by atoms with Gasteiger partial charge >= 0.3 is 0 Å². The molecule has 1 aliphatic heterocycles. The van der Waals surface area contributed by atoms with Crippen LogP contribution < -0.4 is 5.32 Å². The molecule has 3 nitrogen and oxygen atoms in total. The number of benzene rings is 3. The van der Waals surface area contributed by atoms with Gasteiger partial charge in [-0.25, -0.2) is 4.98 Å². The van der Waals surface area contributed by atoms with Crippen LogP contribution in [0.5, 0.6) is 0 Å². The van der Waals surface area contributed by atoms with Gasteiger partial charge in [-0.15, -0.1) is 0 Å². The van der Waals surface area contributed by atoms with Gasteiger partial charge in [0.25, 0.3) is 0 Å². The highest BCUT2D eigenvalue weighted by molar-refractivity contribution is 5.66. The Morgan fingerprint density at radius 1 is 0.750 bits per heavy atom. The van der Waals surface area contributed by atoms with Crippen LogP contribution in [0.4, 0.5) is 0 Å². The van der Waals surface area contributed by atoms with Crippen molar-refractivity contribution in [3.05, 3.63) is 132 Å². The summed E-state index contributed by atoms with van der Waals surface area (Å²) in [5.74, 6) is 1.37. The van der Waals surface area contributed by atoms with E-state index >= 15 is 0 Å². The predicted octanol–water partition coefficient (Wildman–Crippen LogP) is 5.35. The monoisotopic (exact) mass is 417 g/mol. The summed E-state index contributed by atoms with van der Waals surface area (Å²) in [5, 5.41) is 3.52. The molecule has 4 aromatic rings. The molecule has 2 aliphatic rings. The molecular formula is C29H27N3. The van der Waals surface area contributed by atoms with Crippen LogP contribution in [0, 0.1) is 11.8 Å². The molecule has 6 rings (SSSR count). The van der Waals surface area contributed by atoms with Gasteiger partial charge in [-0.3, -0.25) is 0 Å². The molecule has 3 heteroatoms. The van der Waals surface area contributed by atoms with E-state index in [0.717, 1.165) is 31.1 Å². The number of rotatable bonds is 5. The second-order valence-electron chi connectivity index (χ2n) is 8.95. The second-order valence-corrected chi connectivity index (χ2v) is 8.95. The first kappa shape index (κ1) is 19.3. The largest absolute Gasteiger partial charge is 0.318 e. The van der Waals surface area contributed by atoms with Crippen LogP contribution in [0.25, 0.3) is 5.57 Å². The zero-order valence-corrected chi connectivity index (χ0v) is 18.1. The Bertz CT molecular complexity index is 1130. The average molecular weight is 418 g/mol. The summed E-state index contributed by atoms with van der Waals surface area (Å²) in [6.07, 6.45) is 7.85. The lowest BCUT2D eigenvalue weighted by Crippen LogP contribution is -2.36. The molecular weight excluding hydrogens is 390 g/mol. The molecule has 1 aromatic heterocycles. The van der Waals surface area contributed by atoms with Gasteiger partial charge in [-0.2, -0.15) is 0 Å². The molecule has 158 valence electrons. The molecule has 2 heterocycles. The van der Waals surface area contributed by atoms with Crippen molar-refractivity contribution < 1.29 is 0 Å². The Balaban J connectivity index is 1.56. The van der Waals surface area contributed by atoms with Crippen LogP contribution in [0.3, 0.4) is 0 Å². The third kappa shape index (κ3) is 3.04. The number of fused-ring (bicyclic) bond motifs is 1. The summed E-state index contributed by atoms with van der Waals surface area (Å²) < 4.78 is 2.32. The van der Waals surface area contributed by atoms with Crippen LogP contribution in [-0.2, 0) is 5.54 Å². The predicted molar refractivity (Wildman–Crippen MR) is 129 cm³/mol. The van der Waals surface area contributed by atoms with E-state index in [9.17, 15) is 0 Å². The molecule has 0 radical (unpaired) electrons. The second kappa shape index (κ2) is 7.92. The van der Waals surface area contributed by atoms with Gasteiger partial charge < -0.3 is 9.88 Å². The lowest BCUT2D eigenvalue weighted by molar-refractivity contribution is 0.514. The molecule has 0 spiro atoms. The highest BCUT2D eigenvalue weighted by Gasteiger charge is 2.39. The van der Waals surface area contributed by atoms with Gasteiger partial charge in [-0.05, 0) is 47.1 Å². The Kier molecular flexibility index (Phi) is 4.77. The topological polar surface area (TPSA) is 29.9 Å². The zero-order valence-electron chi connectivity index (χ0n) is 18.1. The lowest BCUT2D eigenvalue weighted by atomic mass is 9.77. The third-order valence-electron chi connectivity index (χ3n) is 7.16. The number of aromatic nitrogens is 2. The number of hydrogen-bond acceptors (Lipinski definition) is 2. The Labute approximate surface area is 189 Å². The molecule has 0 unspecified atom stereocenters. The highest BCUT2D eigenvalue weighted by Crippen LogP contribution is 2.42. The van der Waals surface area contributed by atoms with Crippen molar-refractivity contribution in [3.63, 3.8) is 0 Å². The minimum atomic E-state index is -0.494. The molecule has 3 aromatic carbocycles. The average Bonchev–Trinajstić information content (AvgIpc) is 3.59. The fourth-order valence-corrected chi connectivity index (χ4v) is 5.63. The summed E-state index contributed by atoms with van der Waals surface area (Å²) in [6, 6.07) is 32.4. The summed E-state index contributed by atoms with van der Waals surface area (Å²) in [5.41, 5.74) is 5.68. The maximum absolute atomic E-state index is 4.94. The van der Waals surface area contributed by atoms with Crippen molar-refractivity contribution in [2.75, 3.05) is 13.1 Å². The van der Waals surface area contributed by atoms with E-state index in [1.165, 1.54) is 22.3 Å². The Hall–Kier alpha value is -3.43.